The highest BCUT2D eigenvalue weighted by atomic mass is 19.1. The smallest absolute Gasteiger partial charge is 0.262 e. The second-order valence-corrected chi connectivity index (χ2v) is 4.43. The molecule has 2 aromatic rings. The SMILES string of the molecule is N#C/C(=C\c1ccco1)C(=O)NCC(O)c1ccccc1F. The van der Waals surface area contributed by atoms with E-state index in [2.05, 4.69) is 5.32 Å². The van der Waals surface area contributed by atoms with E-state index in [9.17, 15) is 14.3 Å². The molecule has 0 fully saturated rings. The quantitative estimate of drug-likeness (QED) is 0.654. The van der Waals surface area contributed by atoms with Gasteiger partial charge in [0.1, 0.15) is 23.2 Å². The van der Waals surface area contributed by atoms with Gasteiger partial charge in [0.05, 0.1) is 12.4 Å². The molecule has 1 aromatic heterocycles. The molecule has 2 N–H and O–H groups in total. The molecule has 22 heavy (non-hydrogen) atoms. The third kappa shape index (κ3) is 3.81. The lowest BCUT2D eigenvalue weighted by Crippen LogP contribution is -2.29. The molecule has 1 heterocycles. The van der Waals surface area contributed by atoms with Gasteiger partial charge in [0.15, 0.2) is 0 Å². The Morgan fingerprint density at radius 1 is 1.41 bits per heavy atom. The fourth-order valence-corrected chi connectivity index (χ4v) is 1.80. The Hall–Kier alpha value is -2.91. The van der Waals surface area contributed by atoms with Gasteiger partial charge in [-0.1, -0.05) is 18.2 Å². The molecule has 0 bridgehead atoms. The van der Waals surface area contributed by atoms with Crippen LogP contribution in [0.5, 0.6) is 0 Å². The van der Waals surface area contributed by atoms with Gasteiger partial charge in [-0.15, -0.1) is 0 Å². The van der Waals surface area contributed by atoms with Crippen molar-refractivity contribution < 1.29 is 18.7 Å². The van der Waals surface area contributed by atoms with Crippen molar-refractivity contribution in [1.82, 2.24) is 5.32 Å². The minimum atomic E-state index is -1.20. The first kappa shape index (κ1) is 15.5. The lowest BCUT2D eigenvalue weighted by Gasteiger charge is -2.12. The van der Waals surface area contributed by atoms with Gasteiger partial charge < -0.3 is 14.8 Å². The van der Waals surface area contributed by atoms with Crippen LogP contribution in [-0.4, -0.2) is 17.6 Å². The second-order valence-electron chi connectivity index (χ2n) is 4.43. The van der Waals surface area contributed by atoms with E-state index >= 15 is 0 Å². The summed E-state index contributed by atoms with van der Waals surface area (Å²) < 4.78 is 18.5. The van der Waals surface area contributed by atoms with E-state index in [1.165, 1.54) is 30.5 Å². The Balaban J connectivity index is 2.00. The largest absolute Gasteiger partial charge is 0.465 e. The van der Waals surface area contributed by atoms with Gasteiger partial charge in [0.2, 0.25) is 0 Å². The Labute approximate surface area is 126 Å². The Kier molecular flexibility index (Phi) is 5.07. The van der Waals surface area contributed by atoms with Crippen LogP contribution in [0.2, 0.25) is 0 Å². The number of nitriles is 1. The number of carbonyl (C=O) groups excluding carboxylic acids is 1. The zero-order valence-electron chi connectivity index (χ0n) is 11.5. The number of furan rings is 1. The van der Waals surface area contributed by atoms with E-state index in [0.29, 0.717) is 5.76 Å². The fourth-order valence-electron chi connectivity index (χ4n) is 1.80. The number of nitrogens with one attached hydrogen (secondary N) is 1. The molecule has 0 aliphatic heterocycles. The van der Waals surface area contributed by atoms with Crippen LogP contribution in [0.4, 0.5) is 4.39 Å². The van der Waals surface area contributed by atoms with Crippen molar-refractivity contribution in [3.63, 3.8) is 0 Å². The van der Waals surface area contributed by atoms with Gasteiger partial charge in [-0.05, 0) is 18.2 Å². The van der Waals surface area contributed by atoms with E-state index in [4.69, 9.17) is 9.68 Å². The van der Waals surface area contributed by atoms with Gasteiger partial charge >= 0.3 is 0 Å². The van der Waals surface area contributed by atoms with Gasteiger partial charge in [-0.2, -0.15) is 5.26 Å². The highest BCUT2D eigenvalue weighted by molar-refractivity contribution is 6.01. The number of rotatable bonds is 5. The van der Waals surface area contributed by atoms with Crippen molar-refractivity contribution in [3.05, 3.63) is 65.4 Å². The van der Waals surface area contributed by atoms with Crippen LogP contribution in [0.1, 0.15) is 17.4 Å². The van der Waals surface area contributed by atoms with Crippen molar-refractivity contribution in [2.75, 3.05) is 6.54 Å². The summed E-state index contributed by atoms with van der Waals surface area (Å²) in [7, 11) is 0. The van der Waals surface area contributed by atoms with Crippen molar-refractivity contribution in [2.24, 2.45) is 0 Å². The summed E-state index contributed by atoms with van der Waals surface area (Å²) in [5, 5.41) is 21.2. The molecular formula is C16H13FN2O3. The lowest BCUT2D eigenvalue weighted by molar-refractivity contribution is -0.117. The summed E-state index contributed by atoms with van der Waals surface area (Å²) in [6, 6.07) is 10.7. The van der Waals surface area contributed by atoms with E-state index in [1.54, 1.807) is 24.3 Å². The Bertz CT molecular complexity index is 717. The first-order valence-electron chi connectivity index (χ1n) is 6.48. The van der Waals surface area contributed by atoms with Gasteiger partial charge in [0, 0.05) is 18.2 Å². The summed E-state index contributed by atoms with van der Waals surface area (Å²) in [6.45, 7) is -0.211. The molecule has 2 rings (SSSR count). The maximum Gasteiger partial charge on any atom is 0.262 e. The molecule has 0 aliphatic rings. The predicted molar refractivity (Wildman–Crippen MR) is 76.7 cm³/mol. The molecular weight excluding hydrogens is 287 g/mol. The van der Waals surface area contributed by atoms with Crippen LogP contribution in [0.25, 0.3) is 6.08 Å². The molecule has 0 saturated carbocycles. The summed E-state index contributed by atoms with van der Waals surface area (Å²) in [4.78, 5) is 11.9. The van der Waals surface area contributed by atoms with Crippen molar-refractivity contribution in [1.29, 1.82) is 5.26 Å². The van der Waals surface area contributed by atoms with Gasteiger partial charge in [0.25, 0.3) is 5.91 Å². The standard InChI is InChI=1S/C16H13FN2O3/c17-14-6-2-1-5-13(14)15(20)10-19-16(21)11(9-18)8-12-4-3-7-22-12/h1-8,15,20H,10H2,(H,19,21)/b11-8+. The average Bonchev–Trinajstić information content (AvgIpc) is 3.03. The van der Waals surface area contributed by atoms with Crippen molar-refractivity contribution in [2.45, 2.75) is 6.10 Å². The van der Waals surface area contributed by atoms with Crippen LogP contribution in [0, 0.1) is 17.1 Å². The van der Waals surface area contributed by atoms with Crippen molar-refractivity contribution >= 4 is 12.0 Å². The topological polar surface area (TPSA) is 86.3 Å². The number of halogens is 1. The average molecular weight is 300 g/mol. The minimum Gasteiger partial charge on any atom is -0.465 e. The number of aliphatic hydroxyl groups excluding tert-OH is 1. The number of benzene rings is 1. The van der Waals surface area contributed by atoms with Crippen LogP contribution in [-0.2, 0) is 4.79 Å². The summed E-state index contributed by atoms with van der Waals surface area (Å²) in [5.41, 5.74) is -0.0907. The second kappa shape index (κ2) is 7.20. The first-order chi connectivity index (χ1) is 10.6. The molecule has 5 nitrogen and oxygen atoms in total. The van der Waals surface area contributed by atoms with Crippen LogP contribution >= 0.6 is 0 Å². The number of carbonyl (C=O) groups is 1. The van der Waals surface area contributed by atoms with E-state index in [1.807, 2.05) is 0 Å². The Morgan fingerprint density at radius 3 is 2.82 bits per heavy atom. The number of hydrogen-bond donors (Lipinski definition) is 2. The summed E-state index contributed by atoms with van der Waals surface area (Å²) in [6.07, 6.45) is 1.50. The maximum atomic E-state index is 13.5. The highest BCUT2D eigenvalue weighted by Crippen LogP contribution is 2.16. The maximum absolute atomic E-state index is 13.5. The number of amides is 1. The highest BCUT2D eigenvalue weighted by Gasteiger charge is 2.15. The van der Waals surface area contributed by atoms with Crippen molar-refractivity contribution in [3.8, 4) is 6.07 Å². The Morgan fingerprint density at radius 2 is 2.18 bits per heavy atom. The van der Waals surface area contributed by atoms with Crippen LogP contribution < -0.4 is 5.32 Å². The van der Waals surface area contributed by atoms with Gasteiger partial charge in [-0.25, -0.2) is 4.39 Å². The zero-order valence-corrected chi connectivity index (χ0v) is 11.5. The zero-order chi connectivity index (χ0) is 15.9. The molecule has 112 valence electrons. The summed E-state index contributed by atoms with van der Waals surface area (Å²) in [5.74, 6) is -0.869. The molecule has 0 aliphatic carbocycles. The van der Waals surface area contributed by atoms with Crippen LogP contribution in [0.3, 0.4) is 0 Å². The van der Waals surface area contributed by atoms with E-state index in [0.717, 1.165) is 0 Å². The van der Waals surface area contributed by atoms with Crippen LogP contribution in [0.15, 0.2) is 52.7 Å². The molecule has 6 heteroatoms. The predicted octanol–water partition coefficient (Wildman–Crippen LogP) is 2.18. The third-order valence-corrected chi connectivity index (χ3v) is 2.92. The molecule has 1 atom stereocenters. The third-order valence-electron chi connectivity index (χ3n) is 2.92. The first-order valence-corrected chi connectivity index (χ1v) is 6.48. The number of aliphatic hydroxyl groups is 1. The lowest BCUT2D eigenvalue weighted by atomic mass is 10.1. The molecule has 0 spiro atoms. The minimum absolute atomic E-state index is 0.0799. The molecule has 1 unspecified atom stereocenters. The van der Waals surface area contributed by atoms with Gasteiger partial charge in [-0.3, -0.25) is 4.79 Å². The molecule has 0 radical (unpaired) electrons. The fraction of sp³-hybridized carbons (Fsp3) is 0.125. The van der Waals surface area contributed by atoms with E-state index < -0.39 is 17.8 Å². The molecule has 1 aromatic carbocycles. The van der Waals surface area contributed by atoms with E-state index in [-0.39, 0.29) is 17.7 Å². The summed E-state index contributed by atoms with van der Waals surface area (Å²) >= 11 is 0. The monoisotopic (exact) mass is 300 g/mol. The normalized spacial score (nSPS) is 12.5. The number of hydrogen-bond acceptors (Lipinski definition) is 4. The molecule has 0 saturated heterocycles. The molecule has 1 amide bonds. The number of nitrogens with zero attached hydrogens (tertiary/aromatic N) is 1.